The fraction of sp³-hybridized carbons (Fsp3) is 0.545. The van der Waals surface area contributed by atoms with Crippen LogP contribution >= 0.6 is 0 Å². The first-order valence-corrected chi connectivity index (χ1v) is 5.47. The fourth-order valence-corrected chi connectivity index (χ4v) is 2.04. The Kier molecular flexibility index (Phi) is 2.74. The van der Waals surface area contributed by atoms with Crippen LogP contribution in [-0.4, -0.2) is 33.7 Å². The number of aromatic nitrogens is 1. The highest BCUT2D eigenvalue weighted by molar-refractivity contribution is 5.49. The number of aryl methyl sites for hydroxylation is 1. The molecule has 2 heterocycles. The largest absolute Gasteiger partial charge is 0.388 e. The van der Waals surface area contributed by atoms with E-state index in [1.807, 2.05) is 4.90 Å². The quantitative estimate of drug-likeness (QED) is 0.618. The standard InChI is InChI=1S/C11H15N3O3/c1-8-5-10(12-6-9(8)14(16)17)13-4-3-11(2,15)7-13/h5-6,15H,3-4,7H2,1-2H3. The van der Waals surface area contributed by atoms with Crippen molar-refractivity contribution in [1.82, 2.24) is 4.98 Å². The van der Waals surface area contributed by atoms with Gasteiger partial charge in [0.1, 0.15) is 12.0 Å². The molecule has 1 aliphatic heterocycles. The maximum atomic E-state index is 10.7. The number of hydrogen-bond donors (Lipinski definition) is 1. The molecule has 0 aromatic carbocycles. The Balaban J connectivity index is 2.24. The smallest absolute Gasteiger partial charge is 0.290 e. The molecule has 1 saturated heterocycles. The monoisotopic (exact) mass is 237 g/mol. The SMILES string of the molecule is Cc1cc(N2CCC(C)(O)C2)ncc1[N+](=O)[O-]. The van der Waals surface area contributed by atoms with Gasteiger partial charge in [-0.15, -0.1) is 0 Å². The average Bonchev–Trinajstić information content (AvgIpc) is 2.58. The van der Waals surface area contributed by atoms with Gasteiger partial charge in [-0.05, 0) is 26.3 Å². The molecule has 0 radical (unpaired) electrons. The Hall–Kier alpha value is -1.69. The van der Waals surface area contributed by atoms with Gasteiger partial charge in [-0.25, -0.2) is 4.98 Å². The van der Waals surface area contributed by atoms with Gasteiger partial charge in [-0.1, -0.05) is 0 Å². The molecule has 1 aliphatic rings. The lowest BCUT2D eigenvalue weighted by Gasteiger charge is -2.19. The van der Waals surface area contributed by atoms with Crippen LogP contribution in [0.15, 0.2) is 12.3 Å². The number of nitrogens with zero attached hydrogens (tertiary/aromatic N) is 3. The summed E-state index contributed by atoms with van der Waals surface area (Å²) in [6, 6.07) is 1.69. The second-order valence-corrected chi connectivity index (χ2v) is 4.75. The van der Waals surface area contributed by atoms with E-state index in [0.29, 0.717) is 24.3 Å². The molecule has 0 saturated carbocycles. The fourth-order valence-electron chi connectivity index (χ4n) is 2.04. The predicted molar refractivity (Wildman–Crippen MR) is 63.1 cm³/mol. The number of anilines is 1. The molecule has 0 amide bonds. The summed E-state index contributed by atoms with van der Waals surface area (Å²) in [5.74, 6) is 0.686. The Morgan fingerprint density at radius 1 is 1.65 bits per heavy atom. The topological polar surface area (TPSA) is 79.5 Å². The molecule has 0 bridgehead atoms. The van der Waals surface area contributed by atoms with Gasteiger partial charge in [0.15, 0.2) is 0 Å². The highest BCUT2D eigenvalue weighted by Gasteiger charge is 2.32. The molecule has 1 atom stereocenters. The molecule has 1 unspecified atom stereocenters. The second kappa shape index (κ2) is 3.96. The summed E-state index contributed by atoms with van der Waals surface area (Å²) < 4.78 is 0. The number of pyridine rings is 1. The Morgan fingerprint density at radius 2 is 2.35 bits per heavy atom. The first-order chi connectivity index (χ1) is 7.89. The van der Waals surface area contributed by atoms with Gasteiger partial charge in [0.05, 0.1) is 10.5 Å². The minimum atomic E-state index is -0.697. The van der Waals surface area contributed by atoms with E-state index >= 15 is 0 Å². The van der Waals surface area contributed by atoms with E-state index < -0.39 is 10.5 Å². The molecule has 2 rings (SSSR count). The second-order valence-electron chi connectivity index (χ2n) is 4.75. The van der Waals surface area contributed by atoms with Crippen molar-refractivity contribution in [2.75, 3.05) is 18.0 Å². The van der Waals surface area contributed by atoms with E-state index in [1.54, 1.807) is 19.9 Å². The third-order valence-corrected chi connectivity index (χ3v) is 3.04. The van der Waals surface area contributed by atoms with Gasteiger partial charge in [0, 0.05) is 18.7 Å². The first kappa shape index (κ1) is 11.8. The lowest BCUT2D eigenvalue weighted by molar-refractivity contribution is -0.385. The Morgan fingerprint density at radius 3 is 2.82 bits per heavy atom. The molecule has 1 N–H and O–H groups in total. The Bertz CT molecular complexity index is 459. The van der Waals surface area contributed by atoms with Crippen molar-refractivity contribution >= 4 is 11.5 Å². The highest BCUT2D eigenvalue weighted by atomic mass is 16.6. The summed E-state index contributed by atoms with van der Waals surface area (Å²) in [5, 5.41) is 20.5. The molecular formula is C11H15N3O3. The van der Waals surface area contributed by atoms with Crippen molar-refractivity contribution in [2.45, 2.75) is 25.9 Å². The van der Waals surface area contributed by atoms with Crippen LogP contribution in [0.1, 0.15) is 18.9 Å². The van der Waals surface area contributed by atoms with Crippen molar-refractivity contribution in [3.63, 3.8) is 0 Å². The zero-order valence-electron chi connectivity index (χ0n) is 9.88. The number of rotatable bonds is 2. The first-order valence-electron chi connectivity index (χ1n) is 5.47. The van der Waals surface area contributed by atoms with Crippen LogP contribution in [0.25, 0.3) is 0 Å². The zero-order valence-corrected chi connectivity index (χ0v) is 9.88. The minimum Gasteiger partial charge on any atom is -0.388 e. The van der Waals surface area contributed by atoms with Gasteiger partial charge < -0.3 is 10.0 Å². The molecule has 6 nitrogen and oxygen atoms in total. The van der Waals surface area contributed by atoms with E-state index in [2.05, 4.69) is 4.98 Å². The minimum absolute atomic E-state index is 0.0275. The van der Waals surface area contributed by atoms with Crippen molar-refractivity contribution < 1.29 is 10.0 Å². The maximum absolute atomic E-state index is 10.7. The summed E-state index contributed by atoms with van der Waals surface area (Å²) in [7, 11) is 0. The summed E-state index contributed by atoms with van der Waals surface area (Å²) in [6.45, 7) is 4.71. The number of β-amino-alcohol motifs (C(OH)–C–C–N with tert-alkyl or cyclic N) is 1. The molecule has 1 aromatic heterocycles. The van der Waals surface area contributed by atoms with Crippen LogP contribution in [0.3, 0.4) is 0 Å². The van der Waals surface area contributed by atoms with Crippen molar-refractivity contribution in [2.24, 2.45) is 0 Å². The van der Waals surface area contributed by atoms with Crippen LogP contribution in [0.5, 0.6) is 0 Å². The average molecular weight is 237 g/mol. The predicted octanol–water partition coefficient (Wildman–Crippen LogP) is 1.26. The summed E-state index contributed by atoms with van der Waals surface area (Å²) >= 11 is 0. The van der Waals surface area contributed by atoms with E-state index in [-0.39, 0.29) is 5.69 Å². The van der Waals surface area contributed by atoms with Gasteiger partial charge >= 0.3 is 0 Å². The lowest BCUT2D eigenvalue weighted by atomic mass is 10.1. The van der Waals surface area contributed by atoms with E-state index in [1.165, 1.54) is 6.20 Å². The number of hydrogen-bond acceptors (Lipinski definition) is 5. The Labute approximate surface area is 99.0 Å². The van der Waals surface area contributed by atoms with Crippen LogP contribution < -0.4 is 4.90 Å². The molecule has 1 aromatic rings. The van der Waals surface area contributed by atoms with E-state index in [0.717, 1.165) is 6.54 Å². The summed E-state index contributed by atoms with van der Waals surface area (Å²) in [5.41, 5.74) is -0.0802. The molecule has 1 fully saturated rings. The van der Waals surface area contributed by atoms with Crippen LogP contribution in [-0.2, 0) is 0 Å². The maximum Gasteiger partial charge on any atom is 0.290 e. The third-order valence-electron chi connectivity index (χ3n) is 3.04. The summed E-state index contributed by atoms with van der Waals surface area (Å²) in [6.07, 6.45) is 1.96. The number of aliphatic hydroxyl groups is 1. The van der Waals surface area contributed by atoms with E-state index in [9.17, 15) is 15.2 Å². The normalized spacial score (nSPS) is 24.1. The zero-order chi connectivity index (χ0) is 12.6. The molecular weight excluding hydrogens is 222 g/mol. The highest BCUT2D eigenvalue weighted by Crippen LogP contribution is 2.27. The van der Waals surface area contributed by atoms with Crippen LogP contribution in [0.4, 0.5) is 11.5 Å². The molecule has 0 spiro atoms. The molecule has 0 aliphatic carbocycles. The van der Waals surface area contributed by atoms with Gasteiger partial charge in [-0.2, -0.15) is 0 Å². The van der Waals surface area contributed by atoms with Gasteiger partial charge in [-0.3, -0.25) is 10.1 Å². The molecule has 92 valence electrons. The van der Waals surface area contributed by atoms with Gasteiger partial charge in [0.25, 0.3) is 5.69 Å². The summed E-state index contributed by atoms with van der Waals surface area (Å²) in [4.78, 5) is 16.3. The third kappa shape index (κ3) is 2.36. The van der Waals surface area contributed by atoms with Gasteiger partial charge in [0.2, 0.25) is 0 Å². The van der Waals surface area contributed by atoms with Crippen LogP contribution in [0, 0.1) is 17.0 Å². The van der Waals surface area contributed by atoms with Crippen LogP contribution in [0.2, 0.25) is 0 Å². The number of nitro groups is 1. The lowest BCUT2D eigenvalue weighted by Crippen LogP contribution is -2.30. The van der Waals surface area contributed by atoms with Crippen molar-refractivity contribution in [1.29, 1.82) is 0 Å². The van der Waals surface area contributed by atoms with Crippen molar-refractivity contribution in [3.05, 3.63) is 27.9 Å². The van der Waals surface area contributed by atoms with E-state index in [4.69, 9.17) is 0 Å². The van der Waals surface area contributed by atoms with Crippen molar-refractivity contribution in [3.8, 4) is 0 Å². The molecule has 6 heteroatoms. The molecule has 17 heavy (non-hydrogen) atoms.